The van der Waals surface area contributed by atoms with Crippen molar-refractivity contribution in [3.8, 4) is 11.5 Å². The van der Waals surface area contributed by atoms with E-state index in [0.29, 0.717) is 12.3 Å². The van der Waals surface area contributed by atoms with Gasteiger partial charge in [0.15, 0.2) is 17.3 Å². The Morgan fingerprint density at radius 2 is 2.00 bits per heavy atom. The highest BCUT2D eigenvalue weighted by molar-refractivity contribution is 5.92. The average Bonchev–Trinajstić information content (AvgIpc) is 3.39. The summed E-state index contributed by atoms with van der Waals surface area (Å²) in [5, 5.41) is 0. The third-order valence-electron chi connectivity index (χ3n) is 6.03. The van der Waals surface area contributed by atoms with Crippen LogP contribution < -0.4 is 9.47 Å². The molecule has 1 aliphatic heterocycles. The summed E-state index contributed by atoms with van der Waals surface area (Å²) in [7, 11) is 5.54. The van der Waals surface area contributed by atoms with Crippen molar-refractivity contribution in [1.29, 1.82) is 0 Å². The molecule has 0 aromatic heterocycles. The van der Waals surface area contributed by atoms with Crippen LogP contribution in [-0.4, -0.2) is 44.5 Å². The predicted molar refractivity (Wildman–Crippen MR) is 93.0 cm³/mol. The maximum absolute atomic E-state index is 12.0. The largest absolute Gasteiger partial charge is 0.493 e. The monoisotopic (exact) mass is 327 g/mol. The number of carbonyl (C=O) groups excluding carboxylic acids is 1. The van der Waals surface area contributed by atoms with Gasteiger partial charge in [-0.05, 0) is 56.5 Å². The Labute approximate surface area is 143 Å². The molecule has 1 aromatic carbocycles. The Hall–Kier alpha value is -1.81. The van der Waals surface area contributed by atoms with E-state index in [1.165, 1.54) is 24.0 Å². The smallest absolute Gasteiger partial charge is 0.164 e. The first-order valence-electron chi connectivity index (χ1n) is 8.78. The quantitative estimate of drug-likeness (QED) is 0.852. The second-order valence-electron chi connectivity index (χ2n) is 7.37. The number of likely N-dealkylation sites (tertiary alicyclic amines) is 1. The number of methoxy groups -OCH3 is 2. The molecule has 0 bridgehead atoms. The van der Waals surface area contributed by atoms with Crippen molar-refractivity contribution in [1.82, 2.24) is 4.90 Å². The van der Waals surface area contributed by atoms with E-state index in [0.717, 1.165) is 24.5 Å². The summed E-state index contributed by atoms with van der Waals surface area (Å²) in [5.41, 5.74) is 2.44. The van der Waals surface area contributed by atoms with E-state index in [9.17, 15) is 4.79 Å². The molecular formula is C20H25NO3. The number of ether oxygens (including phenoxy) is 2. The van der Waals surface area contributed by atoms with Gasteiger partial charge in [0.25, 0.3) is 0 Å². The topological polar surface area (TPSA) is 38.8 Å². The molecule has 1 heterocycles. The van der Waals surface area contributed by atoms with Crippen molar-refractivity contribution in [2.45, 2.75) is 43.1 Å². The molecule has 24 heavy (non-hydrogen) atoms. The van der Waals surface area contributed by atoms with E-state index < -0.39 is 0 Å². The van der Waals surface area contributed by atoms with Crippen molar-refractivity contribution in [3.05, 3.63) is 35.4 Å². The van der Waals surface area contributed by atoms with Crippen LogP contribution in [0.2, 0.25) is 0 Å². The lowest BCUT2D eigenvalue weighted by atomic mass is 9.69. The van der Waals surface area contributed by atoms with Gasteiger partial charge in [0, 0.05) is 23.4 Å². The summed E-state index contributed by atoms with van der Waals surface area (Å²) >= 11 is 0. The van der Waals surface area contributed by atoms with Crippen molar-refractivity contribution in [2.24, 2.45) is 0 Å². The van der Waals surface area contributed by atoms with E-state index in [1.807, 2.05) is 0 Å². The molecule has 1 saturated carbocycles. The van der Waals surface area contributed by atoms with Crippen LogP contribution in [0.25, 0.3) is 0 Å². The predicted octanol–water partition coefficient (Wildman–Crippen LogP) is 3.05. The second-order valence-corrected chi connectivity index (χ2v) is 7.37. The lowest BCUT2D eigenvalue weighted by Crippen LogP contribution is -2.43. The molecule has 4 rings (SSSR count). The molecule has 1 unspecified atom stereocenters. The van der Waals surface area contributed by atoms with Crippen LogP contribution in [0.3, 0.4) is 0 Å². The summed E-state index contributed by atoms with van der Waals surface area (Å²) in [6, 6.07) is 4.67. The maximum Gasteiger partial charge on any atom is 0.164 e. The van der Waals surface area contributed by atoms with Crippen LogP contribution in [0, 0.1) is 0 Å². The van der Waals surface area contributed by atoms with E-state index in [4.69, 9.17) is 9.47 Å². The Balaban J connectivity index is 1.87. The molecule has 2 aliphatic carbocycles. The summed E-state index contributed by atoms with van der Waals surface area (Å²) in [6.45, 7) is 1.01. The minimum absolute atomic E-state index is 0.0914. The fraction of sp³-hybridized carbons (Fsp3) is 0.550. The van der Waals surface area contributed by atoms with Crippen LogP contribution in [0.4, 0.5) is 0 Å². The van der Waals surface area contributed by atoms with Gasteiger partial charge in [-0.2, -0.15) is 0 Å². The third-order valence-corrected chi connectivity index (χ3v) is 6.03. The van der Waals surface area contributed by atoms with E-state index in [1.54, 1.807) is 20.3 Å². The molecular weight excluding hydrogens is 302 g/mol. The van der Waals surface area contributed by atoms with Gasteiger partial charge in [0.2, 0.25) is 0 Å². The first kappa shape index (κ1) is 15.7. The van der Waals surface area contributed by atoms with Crippen molar-refractivity contribution in [2.75, 3.05) is 27.8 Å². The number of nitrogens with zero attached hydrogens (tertiary/aromatic N) is 1. The lowest BCUT2D eigenvalue weighted by Gasteiger charge is -2.38. The minimum atomic E-state index is -0.0914. The summed E-state index contributed by atoms with van der Waals surface area (Å²) < 4.78 is 11.3. The first-order chi connectivity index (χ1) is 11.6. The normalized spacial score (nSPS) is 29.6. The van der Waals surface area contributed by atoms with Crippen LogP contribution >= 0.6 is 0 Å². The number of hydrogen-bond donors (Lipinski definition) is 0. The minimum Gasteiger partial charge on any atom is -0.493 e. The lowest BCUT2D eigenvalue weighted by molar-refractivity contribution is -0.116. The highest BCUT2D eigenvalue weighted by Gasteiger charge is 2.48. The molecule has 1 saturated heterocycles. The summed E-state index contributed by atoms with van der Waals surface area (Å²) in [6.07, 6.45) is 7.99. The van der Waals surface area contributed by atoms with E-state index >= 15 is 0 Å². The molecule has 2 atom stereocenters. The van der Waals surface area contributed by atoms with Gasteiger partial charge in [-0.25, -0.2) is 0 Å². The number of carbonyl (C=O) groups is 1. The Bertz CT molecular complexity index is 707. The standard InChI is InChI=1S/C20H25NO3/c1-21-9-8-20(7-6-15(22)12-18(20)21)14-10-16(13-4-5-13)19(24-3)17(11-14)23-2/h6-7,10-11,13,18H,4-5,8-9,12H2,1-3H3/t18?,20-/m0/s1. The number of hydrogen-bond acceptors (Lipinski definition) is 4. The Kier molecular flexibility index (Phi) is 3.68. The van der Waals surface area contributed by atoms with Crippen LogP contribution in [-0.2, 0) is 10.2 Å². The number of ketones is 1. The van der Waals surface area contributed by atoms with E-state index in [2.05, 4.69) is 30.2 Å². The second kappa shape index (κ2) is 5.62. The number of allylic oxidation sites excluding steroid dienone is 1. The highest BCUT2D eigenvalue weighted by Crippen LogP contribution is 2.52. The Morgan fingerprint density at radius 3 is 2.67 bits per heavy atom. The molecule has 0 amide bonds. The number of fused-ring (bicyclic) bond motifs is 1. The van der Waals surface area contributed by atoms with Gasteiger partial charge in [-0.15, -0.1) is 0 Å². The Morgan fingerprint density at radius 1 is 1.21 bits per heavy atom. The van der Waals surface area contributed by atoms with Crippen molar-refractivity contribution in [3.63, 3.8) is 0 Å². The fourth-order valence-corrected chi connectivity index (χ4v) is 4.50. The van der Waals surface area contributed by atoms with Gasteiger partial charge in [0.1, 0.15) is 0 Å². The zero-order chi connectivity index (χ0) is 16.9. The van der Waals surface area contributed by atoms with Gasteiger partial charge >= 0.3 is 0 Å². The molecule has 0 N–H and O–H groups in total. The molecule has 1 aromatic rings. The van der Waals surface area contributed by atoms with Crippen molar-refractivity contribution >= 4 is 5.78 Å². The van der Waals surface area contributed by atoms with Gasteiger partial charge < -0.3 is 14.4 Å². The zero-order valence-corrected chi connectivity index (χ0v) is 14.7. The van der Waals surface area contributed by atoms with Gasteiger partial charge in [-0.1, -0.05) is 12.1 Å². The van der Waals surface area contributed by atoms with Crippen LogP contribution in [0.5, 0.6) is 11.5 Å². The molecule has 4 nitrogen and oxygen atoms in total. The van der Waals surface area contributed by atoms with Gasteiger partial charge in [-0.3, -0.25) is 4.79 Å². The van der Waals surface area contributed by atoms with Gasteiger partial charge in [0.05, 0.1) is 14.2 Å². The summed E-state index contributed by atoms with van der Waals surface area (Å²) in [4.78, 5) is 14.3. The SMILES string of the molecule is COc1cc([C@@]23C=CC(=O)CC2N(C)CC3)cc(C2CC2)c1OC. The number of benzene rings is 1. The molecule has 0 spiro atoms. The fourth-order valence-electron chi connectivity index (χ4n) is 4.50. The van der Waals surface area contributed by atoms with Crippen LogP contribution in [0.15, 0.2) is 24.3 Å². The average molecular weight is 327 g/mol. The third kappa shape index (κ3) is 2.27. The number of likely N-dealkylation sites (N-methyl/N-ethyl adjacent to an activating group) is 1. The van der Waals surface area contributed by atoms with Crippen LogP contribution in [0.1, 0.15) is 42.7 Å². The highest BCUT2D eigenvalue weighted by atomic mass is 16.5. The summed E-state index contributed by atoms with van der Waals surface area (Å²) in [5.74, 6) is 2.49. The first-order valence-corrected chi connectivity index (χ1v) is 8.78. The zero-order valence-electron chi connectivity index (χ0n) is 14.7. The molecule has 2 fully saturated rings. The van der Waals surface area contributed by atoms with E-state index in [-0.39, 0.29) is 17.2 Å². The maximum atomic E-state index is 12.0. The molecule has 4 heteroatoms. The number of rotatable bonds is 4. The molecule has 0 radical (unpaired) electrons. The van der Waals surface area contributed by atoms with Crippen molar-refractivity contribution < 1.29 is 14.3 Å². The molecule has 3 aliphatic rings. The molecule has 128 valence electrons.